The lowest BCUT2D eigenvalue weighted by atomic mass is 10.1. The zero-order chi connectivity index (χ0) is 14.0. The van der Waals surface area contributed by atoms with Crippen molar-refractivity contribution in [2.45, 2.75) is 13.5 Å². The number of carbonyl (C=O) groups excluding carboxylic acids is 1. The molecule has 0 atom stereocenters. The van der Waals surface area contributed by atoms with Gasteiger partial charge in [0.15, 0.2) is 0 Å². The molecule has 0 spiro atoms. The molecule has 0 radical (unpaired) electrons. The average Bonchev–Trinajstić information content (AvgIpc) is 2.89. The monoisotopic (exact) mass is 326 g/mol. The van der Waals surface area contributed by atoms with Crippen molar-refractivity contribution in [3.05, 3.63) is 33.8 Å². The number of hydrogen-bond acceptors (Lipinski definition) is 4. The number of ether oxygens (including phenoxy) is 1. The minimum Gasteiger partial charge on any atom is -0.383 e. The minimum absolute atomic E-state index is 0.0916. The molecule has 2 heterocycles. The van der Waals surface area contributed by atoms with Crippen molar-refractivity contribution in [2.24, 2.45) is 7.05 Å². The van der Waals surface area contributed by atoms with Gasteiger partial charge in [-0.25, -0.2) is 0 Å². The number of rotatable bonds is 5. The van der Waals surface area contributed by atoms with Crippen LogP contribution in [0, 0.1) is 6.92 Å². The van der Waals surface area contributed by atoms with Crippen LogP contribution in [0.1, 0.15) is 21.7 Å². The summed E-state index contributed by atoms with van der Waals surface area (Å²) in [6, 6.07) is 0. The van der Waals surface area contributed by atoms with Gasteiger partial charge in [-0.3, -0.25) is 14.2 Å². The van der Waals surface area contributed by atoms with Crippen molar-refractivity contribution in [3.63, 3.8) is 0 Å². The van der Waals surface area contributed by atoms with E-state index in [0.717, 1.165) is 0 Å². The number of aromatic nitrogens is 4. The van der Waals surface area contributed by atoms with Gasteiger partial charge in [0, 0.05) is 20.4 Å². The van der Waals surface area contributed by atoms with Crippen LogP contribution >= 0.6 is 15.9 Å². The molecule has 2 aromatic rings. The first-order valence-corrected chi connectivity index (χ1v) is 6.59. The van der Waals surface area contributed by atoms with Gasteiger partial charge in [-0.05, 0) is 22.9 Å². The molecule has 0 saturated heterocycles. The van der Waals surface area contributed by atoms with E-state index in [9.17, 15) is 4.79 Å². The zero-order valence-electron chi connectivity index (χ0n) is 11.1. The maximum absolute atomic E-state index is 12.6. The van der Waals surface area contributed by atoms with Crippen LogP contribution in [0.25, 0.3) is 0 Å². The molecule has 0 aliphatic rings. The van der Waals surface area contributed by atoms with Crippen LogP contribution in [-0.4, -0.2) is 39.1 Å². The highest BCUT2D eigenvalue weighted by Gasteiger charge is 2.22. The third-order valence-corrected chi connectivity index (χ3v) is 3.36. The van der Waals surface area contributed by atoms with E-state index in [-0.39, 0.29) is 5.78 Å². The summed E-state index contributed by atoms with van der Waals surface area (Å²) in [5, 5.41) is 8.37. The number of halogens is 1. The van der Waals surface area contributed by atoms with E-state index in [1.54, 1.807) is 35.9 Å². The molecule has 0 aromatic carbocycles. The van der Waals surface area contributed by atoms with Crippen molar-refractivity contribution in [3.8, 4) is 0 Å². The highest BCUT2D eigenvalue weighted by atomic mass is 79.9. The third kappa shape index (κ3) is 2.76. The topological polar surface area (TPSA) is 61.9 Å². The van der Waals surface area contributed by atoms with Crippen molar-refractivity contribution in [1.82, 2.24) is 19.6 Å². The van der Waals surface area contributed by atoms with E-state index < -0.39 is 0 Å². The predicted octanol–water partition coefficient (Wildman–Crippen LogP) is 1.56. The van der Waals surface area contributed by atoms with Gasteiger partial charge in [0.05, 0.1) is 35.1 Å². The van der Waals surface area contributed by atoms with Gasteiger partial charge < -0.3 is 4.74 Å². The van der Waals surface area contributed by atoms with E-state index in [4.69, 9.17) is 4.74 Å². The first-order chi connectivity index (χ1) is 9.04. The summed E-state index contributed by atoms with van der Waals surface area (Å²) in [4.78, 5) is 12.6. The van der Waals surface area contributed by atoms with Gasteiger partial charge in [-0.15, -0.1) is 0 Å². The molecule has 0 bridgehead atoms. The summed E-state index contributed by atoms with van der Waals surface area (Å²) in [5.41, 5.74) is 1.81. The molecule has 2 rings (SSSR count). The van der Waals surface area contributed by atoms with Crippen LogP contribution in [0.5, 0.6) is 0 Å². The van der Waals surface area contributed by atoms with Gasteiger partial charge in [0.2, 0.25) is 5.78 Å². The van der Waals surface area contributed by atoms with Gasteiger partial charge >= 0.3 is 0 Å². The Morgan fingerprint density at radius 3 is 2.84 bits per heavy atom. The number of carbonyl (C=O) groups is 1. The Balaban J connectivity index is 2.38. The Kier molecular flexibility index (Phi) is 4.16. The number of aryl methyl sites for hydroxylation is 2. The minimum atomic E-state index is -0.0916. The fourth-order valence-electron chi connectivity index (χ4n) is 1.89. The summed E-state index contributed by atoms with van der Waals surface area (Å²) in [7, 11) is 3.41. The normalized spacial score (nSPS) is 10.9. The quantitative estimate of drug-likeness (QED) is 0.782. The fourth-order valence-corrected chi connectivity index (χ4v) is 2.36. The van der Waals surface area contributed by atoms with Crippen LogP contribution in [-0.2, 0) is 18.3 Å². The summed E-state index contributed by atoms with van der Waals surface area (Å²) >= 11 is 3.37. The molecule has 0 fully saturated rings. The lowest BCUT2D eigenvalue weighted by Crippen LogP contribution is -2.15. The molecular formula is C12H15BrN4O2. The highest BCUT2D eigenvalue weighted by Crippen LogP contribution is 2.21. The Morgan fingerprint density at radius 1 is 1.53 bits per heavy atom. The Hall–Kier alpha value is -1.47. The summed E-state index contributed by atoms with van der Waals surface area (Å²) in [6.45, 7) is 2.85. The summed E-state index contributed by atoms with van der Waals surface area (Å²) < 4.78 is 8.97. The van der Waals surface area contributed by atoms with Crippen LogP contribution in [0.3, 0.4) is 0 Å². The van der Waals surface area contributed by atoms with E-state index in [2.05, 4.69) is 26.1 Å². The largest absolute Gasteiger partial charge is 0.383 e. The Bertz CT molecular complexity index is 603. The SMILES string of the molecule is COCCn1ncc(Br)c1C(=O)c1cn(C)nc1C. The maximum Gasteiger partial charge on any atom is 0.215 e. The molecule has 0 aliphatic carbocycles. The van der Waals surface area contributed by atoms with Crippen LogP contribution in [0.15, 0.2) is 16.9 Å². The molecule has 7 heteroatoms. The van der Waals surface area contributed by atoms with Crippen molar-refractivity contribution < 1.29 is 9.53 Å². The number of hydrogen-bond donors (Lipinski definition) is 0. The zero-order valence-corrected chi connectivity index (χ0v) is 12.6. The Morgan fingerprint density at radius 2 is 2.26 bits per heavy atom. The van der Waals surface area contributed by atoms with Crippen LogP contribution in [0.4, 0.5) is 0 Å². The molecule has 0 unspecified atom stereocenters. The van der Waals surface area contributed by atoms with Crippen molar-refractivity contribution in [2.75, 3.05) is 13.7 Å². The smallest absolute Gasteiger partial charge is 0.215 e. The molecule has 0 saturated carbocycles. The van der Waals surface area contributed by atoms with Crippen molar-refractivity contribution in [1.29, 1.82) is 0 Å². The van der Waals surface area contributed by atoms with Gasteiger partial charge in [-0.1, -0.05) is 0 Å². The van der Waals surface area contributed by atoms with E-state index >= 15 is 0 Å². The summed E-state index contributed by atoms with van der Waals surface area (Å²) in [5.74, 6) is -0.0916. The average molecular weight is 327 g/mol. The molecule has 0 amide bonds. The standard InChI is InChI=1S/C12H15BrN4O2/c1-8-9(7-16(2)15-8)12(18)11-10(13)6-14-17(11)4-5-19-3/h6-7H,4-5H2,1-3H3. The predicted molar refractivity (Wildman–Crippen MR) is 73.2 cm³/mol. The highest BCUT2D eigenvalue weighted by molar-refractivity contribution is 9.10. The first kappa shape index (κ1) is 14.0. The van der Waals surface area contributed by atoms with E-state index in [1.807, 2.05) is 6.92 Å². The Labute approximate surface area is 119 Å². The molecular weight excluding hydrogens is 312 g/mol. The summed E-state index contributed by atoms with van der Waals surface area (Å²) in [6.07, 6.45) is 3.34. The lowest BCUT2D eigenvalue weighted by molar-refractivity contribution is 0.102. The number of nitrogens with zero attached hydrogens (tertiary/aromatic N) is 4. The third-order valence-electron chi connectivity index (χ3n) is 2.78. The van der Waals surface area contributed by atoms with Crippen LogP contribution < -0.4 is 0 Å². The second-order valence-corrected chi connectivity index (χ2v) is 5.04. The lowest BCUT2D eigenvalue weighted by Gasteiger charge is -2.06. The second kappa shape index (κ2) is 5.66. The first-order valence-electron chi connectivity index (χ1n) is 5.79. The maximum atomic E-state index is 12.6. The number of methoxy groups -OCH3 is 1. The van der Waals surface area contributed by atoms with Gasteiger partial charge in [0.25, 0.3) is 0 Å². The van der Waals surface area contributed by atoms with E-state index in [0.29, 0.717) is 34.6 Å². The van der Waals surface area contributed by atoms with Crippen LogP contribution in [0.2, 0.25) is 0 Å². The molecule has 19 heavy (non-hydrogen) atoms. The van der Waals surface area contributed by atoms with Gasteiger partial charge in [0.1, 0.15) is 5.69 Å². The number of ketones is 1. The molecule has 2 aromatic heterocycles. The van der Waals surface area contributed by atoms with Crippen molar-refractivity contribution >= 4 is 21.7 Å². The van der Waals surface area contributed by atoms with Gasteiger partial charge in [-0.2, -0.15) is 10.2 Å². The molecule has 102 valence electrons. The molecule has 0 N–H and O–H groups in total. The fraction of sp³-hybridized carbons (Fsp3) is 0.417. The molecule has 0 aliphatic heterocycles. The van der Waals surface area contributed by atoms with E-state index in [1.165, 1.54) is 0 Å². The molecule has 6 nitrogen and oxygen atoms in total. The second-order valence-electron chi connectivity index (χ2n) is 4.19.